The fraction of sp³-hybridized carbons (Fsp3) is 0.0417. The molecule has 3 aromatic carbocycles. The minimum atomic E-state index is -4.73. The molecule has 0 fully saturated rings. The Hall–Kier alpha value is -4.20. The Labute approximate surface area is 180 Å². The molecule has 160 valence electrons. The molecule has 0 saturated carbocycles. The lowest BCUT2D eigenvalue weighted by molar-refractivity contribution is -0.137. The molecule has 0 saturated heterocycles. The van der Waals surface area contributed by atoms with E-state index in [1.54, 1.807) is 30.3 Å². The van der Waals surface area contributed by atoms with Crippen LogP contribution in [0.15, 0.2) is 78.9 Å². The second kappa shape index (κ2) is 8.14. The molecule has 1 heterocycles. The number of carboxylic acid groups (broad SMARTS) is 1. The van der Waals surface area contributed by atoms with Gasteiger partial charge in [-0.1, -0.05) is 42.5 Å². The first kappa shape index (κ1) is 21.0. The van der Waals surface area contributed by atoms with E-state index in [-0.39, 0.29) is 16.9 Å². The van der Waals surface area contributed by atoms with Crippen molar-refractivity contribution in [2.24, 2.45) is 0 Å². The van der Waals surface area contributed by atoms with Crippen LogP contribution in [0, 0.1) is 0 Å². The zero-order valence-corrected chi connectivity index (χ0v) is 16.4. The third kappa shape index (κ3) is 4.15. The van der Waals surface area contributed by atoms with Gasteiger partial charge in [0.1, 0.15) is 5.82 Å². The molecular formula is C24H15F3N2O3. The Morgan fingerprint density at radius 1 is 0.875 bits per heavy atom. The number of hydrogen-bond acceptors (Lipinski definition) is 3. The average Bonchev–Trinajstić information content (AvgIpc) is 2.78. The predicted molar refractivity (Wildman–Crippen MR) is 114 cm³/mol. The highest BCUT2D eigenvalue weighted by Crippen LogP contribution is 2.37. The molecular weight excluding hydrogens is 421 g/mol. The summed E-state index contributed by atoms with van der Waals surface area (Å²) in [5.41, 5.74) is -0.485. The molecule has 0 unspecified atom stereocenters. The maximum absolute atomic E-state index is 13.7. The molecule has 0 spiro atoms. The zero-order chi connectivity index (χ0) is 22.9. The lowest BCUT2D eigenvalue weighted by Gasteiger charge is -2.17. The third-order valence-corrected chi connectivity index (χ3v) is 4.86. The minimum absolute atomic E-state index is 0.0431. The summed E-state index contributed by atoms with van der Waals surface area (Å²) in [6.45, 7) is 0. The summed E-state index contributed by atoms with van der Waals surface area (Å²) >= 11 is 0. The Kier molecular flexibility index (Phi) is 5.36. The van der Waals surface area contributed by atoms with Crippen LogP contribution in [0.4, 0.5) is 19.0 Å². The third-order valence-electron chi connectivity index (χ3n) is 4.86. The van der Waals surface area contributed by atoms with Gasteiger partial charge in [-0.05, 0) is 47.5 Å². The van der Waals surface area contributed by atoms with Gasteiger partial charge in [0, 0.05) is 5.39 Å². The van der Waals surface area contributed by atoms with Crippen molar-refractivity contribution in [1.82, 2.24) is 4.98 Å². The number of nitrogens with zero attached hydrogens (tertiary/aromatic N) is 1. The Bertz CT molecular complexity index is 1340. The Morgan fingerprint density at radius 2 is 1.62 bits per heavy atom. The van der Waals surface area contributed by atoms with Crippen LogP contribution in [0.2, 0.25) is 0 Å². The number of carbonyl (C=O) groups is 2. The highest BCUT2D eigenvalue weighted by Gasteiger charge is 2.36. The van der Waals surface area contributed by atoms with E-state index in [4.69, 9.17) is 5.11 Å². The van der Waals surface area contributed by atoms with Crippen molar-refractivity contribution >= 4 is 28.6 Å². The number of pyridine rings is 1. The quantitative estimate of drug-likeness (QED) is 0.419. The van der Waals surface area contributed by atoms with Crippen LogP contribution in [0.3, 0.4) is 0 Å². The SMILES string of the molecule is O=C(O)c1ccc2nc(NC(=O)c3c(-c4ccccc4)cccc3C(F)(F)F)ccc2c1. The number of fused-ring (bicyclic) bond motifs is 1. The number of hydrogen-bond donors (Lipinski definition) is 2. The van der Waals surface area contributed by atoms with Crippen molar-refractivity contribution in [3.63, 3.8) is 0 Å². The number of rotatable bonds is 4. The van der Waals surface area contributed by atoms with E-state index in [1.807, 2.05) is 0 Å². The monoisotopic (exact) mass is 436 g/mol. The van der Waals surface area contributed by atoms with Crippen LogP contribution >= 0.6 is 0 Å². The number of alkyl halides is 3. The number of benzene rings is 3. The fourth-order valence-electron chi connectivity index (χ4n) is 3.40. The van der Waals surface area contributed by atoms with E-state index in [0.717, 1.165) is 6.07 Å². The summed E-state index contributed by atoms with van der Waals surface area (Å²) < 4.78 is 41.1. The number of anilines is 1. The van der Waals surface area contributed by atoms with Crippen molar-refractivity contribution < 1.29 is 27.9 Å². The highest BCUT2D eigenvalue weighted by molar-refractivity contribution is 6.10. The van der Waals surface area contributed by atoms with Crippen molar-refractivity contribution in [3.05, 3.63) is 95.6 Å². The first-order chi connectivity index (χ1) is 15.2. The summed E-state index contributed by atoms with van der Waals surface area (Å²) in [5.74, 6) is -2.01. The van der Waals surface area contributed by atoms with Gasteiger partial charge in [-0.2, -0.15) is 13.2 Å². The number of carbonyl (C=O) groups excluding carboxylic acids is 1. The summed E-state index contributed by atoms with van der Waals surface area (Å²) in [5, 5.41) is 12.0. The van der Waals surface area contributed by atoms with E-state index in [2.05, 4.69) is 10.3 Å². The molecule has 0 aliphatic carbocycles. The second-order valence-electron chi connectivity index (χ2n) is 6.96. The zero-order valence-electron chi connectivity index (χ0n) is 16.4. The summed E-state index contributed by atoms with van der Waals surface area (Å²) in [6.07, 6.45) is -4.73. The van der Waals surface area contributed by atoms with Gasteiger partial charge in [0.15, 0.2) is 0 Å². The van der Waals surface area contributed by atoms with Crippen LogP contribution in [0.5, 0.6) is 0 Å². The van der Waals surface area contributed by atoms with Gasteiger partial charge in [-0.25, -0.2) is 9.78 Å². The molecule has 0 aliphatic heterocycles. The summed E-state index contributed by atoms with van der Waals surface area (Å²) in [7, 11) is 0. The van der Waals surface area contributed by atoms with Crippen molar-refractivity contribution in [2.45, 2.75) is 6.18 Å². The first-order valence-electron chi connectivity index (χ1n) is 9.45. The molecule has 4 rings (SSSR count). The van der Waals surface area contributed by atoms with E-state index in [0.29, 0.717) is 16.5 Å². The fourth-order valence-corrected chi connectivity index (χ4v) is 3.40. The Balaban J connectivity index is 1.76. The predicted octanol–water partition coefficient (Wildman–Crippen LogP) is 5.87. The van der Waals surface area contributed by atoms with Gasteiger partial charge in [-0.3, -0.25) is 4.79 Å². The number of aromatic carboxylic acids is 1. The van der Waals surface area contributed by atoms with E-state index in [1.165, 1.54) is 42.5 Å². The molecule has 0 aliphatic rings. The average molecular weight is 436 g/mol. The van der Waals surface area contributed by atoms with Gasteiger partial charge in [0.25, 0.3) is 5.91 Å². The van der Waals surface area contributed by atoms with Gasteiger partial charge >= 0.3 is 12.1 Å². The maximum Gasteiger partial charge on any atom is 0.417 e. The molecule has 32 heavy (non-hydrogen) atoms. The topological polar surface area (TPSA) is 79.3 Å². The van der Waals surface area contributed by atoms with Gasteiger partial charge in [-0.15, -0.1) is 0 Å². The number of carboxylic acids is 1. The van der Waals surface area contributed by atoms with Crippen LogP contribution < -0.4 is 5.32 Å². The summed E-state index contributed by atoms with van der Waals surface area (Å²) in [6, 6.07) is 19.1. The van der Waals surface area contributed by atoms with Crippen LogP contribution in [0.1, 0.15) is 26.3 Å². The van der Waals surface area contributed by atoms with Gasteiger partial charge in [0.2, 0.25) is 0 Å². The lowest BCUT2D eigenvalue weighted by atomic mass is 9.94. The highest BCUT2D eigenvalue weighted by atomic mass is 19.4. The van der Waals surface area contributed by atoms with Crippen LogP contribution in [-0.2, 0) is 6.18 Å². The molecule has 2 N–H and O–H groups in total. The maximum atomic E-state index is 13.7. The molecule has 0 bridgehead atoms. The number of amides is 1. The Morgan fingerprint density at radius 3 is 2.31 bits per heavy atom. The van der Waals surface area contributed by atoms with E-state index < -0.39 is 29.2 Å². The standard InChI is InChI=1S/C24H15F3N2O3/c25-24(26,27)18-8-4-7-17(14-5-2-1-3-6-14)21(18)22(30)29-20-12-10-15-13-16(23(31)32)9-11-19(15)28-20/h1-13H,(H,31,32)(H,28,29,30). The largest absolute Gasteiger partial charge is 0.478 e. The molecule has 1 aromatic heterocycles. The minimum Gasteiger partial charge on any atom is -0.478 e. The number of nitrogens with one attached hydrogen (secondary N) is 1. The molecule has 4 aromatic rings. The van der Waals surface area contributed by atoms with Gasteiger partial charge in [0.05, 0.1) is 22.2 Å². The molecule has 5 nitrogen and oxygen atoms in total. The summed E-state index contributed by atoms with van der Waals surface area (Å²) in [4.78, 5) is 28.4. The number of aromatic nitrogens is 1. The van der Waals surface area contributed by atoms with Crippen molar-refractivity contribution in [2.75, 3.05) is 5.32 Å². The van der Waals surface area contributed by atoms with Crippen LogP contribution in [0.25, 0.3) is 22.0 Å². The lowest BCUT2D eigenvalue weighted by Crippen LogP contribution is -2.20. The number of halogens is 3. The second-order valence-corrected chi connectivity index (χ2v) is 6.96. The molecule has 8 heteroatoms. The van der Waals surface area contributed by atoms with Crippen molar-refractivity contribution in [3.8, 4) is 11.1 Å². The molecule has 0 atom stereocenters. The van der Waals surface area contributed by atoms with Crippen molar-refractivity contribution in [1.29, 1.82) is 0 Å². The smallest absolute Gasteiger partial charge is 0.417 e. The van der Waals surface area contributed by atoms with E-state index in [9.17, 15) is 22.8 Å². The normalized spacial score (nSPS) is 11.3. The van der Waals surface area contributed by atoms with Crippen LogP contribution in [-0.4, -0.2) is 22.0 Å². The first-order valence-corrected chi connectivity index (χ1v) is 9.45. The molecule has 0 radical (unpaired) electrons. The van der Waals surface area contributed by atoms with Gasteiger partial charge < -0.3 is 10.4 Å². The molecule has 1 amide bonds. The van der Waals surface area contributed by atoms with E-state index >= 15 is 0 Å².